The van der Waals surface area contributed by atoms with E-state index in [0.29, 0.717) is 5.56 Å². The number of aliphatic carboxylic acids is 1. The van der Waals surface area contributed by atoms with Crippen molar-refractivity contribution in [1.82, 2.24) is 14.9 Å². The van der Waals surface area contributed by atoms with Crippen LogP contribution in [0.15, 0.2) is 102 Å². The summed E-state index contributed by atoms with van der Waals surface area (Å²) >= 11 is 0. The molecular weight excluding hydrogens is 484 g/mol. The van der Waals surface area contributed by atoms with Crippen molar-refractivity contribution in [3.63, 3.8) is 0 Å². The summed E-state index contributed by atoms with van der Waals surface area (Å²) in [6.07, 6.45) is 1.40. The van der Waals surface area contributed by atoms with E-state index in [9.17, 15) is 24.3 Å². The first-order chi connectivity index (χ1) is 18.4. The van der Waals surface area contributed by atoms with Crippen LogP contribution in [0.1, 0.15) is 11.1 Å². The maximum absolute atomic E-state index is 13.4. The number of carbonyl (C=O) groups excluding carboxylic acids is 2. The first-order valence-corrected chi connectivity index (χ1v) is 12.0. The van der Waals surface area contributed by atoms with Gasteiger partial charge in [0.2, 0.25) is 11.8 Å². The molecule has 1 aromatic heterocycles. The molecule has 1 heterocycles. The van der Waals surface area contributed by atoms with Crippen molar-refractivity contribution in [3.8, 4) is 11.4 Å². The van der Waals surface area contributed by atoms with E-state index in [4.69, 9.17) is 0 Å². The number of anilines is 1. The number of nitrogens with zero attached hydrogens (tertiary/aromatic N) is 2. The predicted molar refractivity (Wildman–Crippen MR) is 142 cm³/mol. The zero-order valence-corrected chi connectivity index (χ0v) is 20.4. The van der Waals surface area contributed by atoms with E-state index in [-0.39, 0.29) is 24.4 Å². The smallest absolute Gasteiger partial charge is 0.326 e. The molecule has 192 valence electrons. The molecule has 0 aliphatic rings. The Labute approximate surface area is 218 Å². The normalized spacial score (nSPS) is 11.4. The van der Waals surface area contributed by atoms with Crippen LogP contribution in [0.2, 0.25) is 0 Å². The molecule has 0 radical (unpaired) electrons. The lowest BCUT2D eigenvalue weighted by Crippen LogP contribution is -2.45. The Bertz CT molecular complexity index is 1470. The second kappa shape index (κ2) is 12.3. The second-order valence-electron chi connectivity index (χ2n) is 8.61. The van der Waals surface area contributed by atoms with Gasteiger partial charge in [0, 0.05) is 12.0 Å². The molecule has 4 rings (SSSR count). The highest BCUT2D eigenvalue weighted by molar-refractivity contribution is 5.92. The number of carboxylic acid groups (broad SMARTS) is 1. The van der Waals surface area contributed by atoms with Gasteiger partial charge in [0.25, 0.3) is 5.56 Å². The lowest BCUT2D eigenvalue weighted by atomic mass is 10.1. The third-order valence-electron chi connectivity index (χ3n) is 5.78. The third-order valence-corrected chi connectivity index (χ3v) is 5.78. The number of rotatable bonds is 10. The van der Waals surface area contributed by atoms with Gasteiger partial charge in [-0.15, -0.1) is 0 Å². The average Bonchev–Trinajstić information content (AvgIpc) is 2.92. The van der Waals surface area contributed by atoms with E-state index < -0.39 is 35.9 Å². The Balaban J connectivity index is 1.58. The number of amides is 2. The van der Waals surface area contributed by atoms with Crippen molar-refractivity contribution < 1.29 is 19.5 Å². The van der Waals surface area contributed by atoms with E-state index in [1.807, 2.05) is 24.3 Å². The van der Waals surface area contributed by atoms with Gasteiger partial charge in [-0.3, -0.25) is 19.0 Å². The molecule has 0 unspecified atom stereocenters. The number of benzene rings is 3. The Morgan fingerprint density at radius 2 is 1.39 bits per heavy atom. The summed E-state index contributed by atoms with van der Waals surface area (Å²) in [4.78, 5) is 55.2. The van der Waals surface area contributed by atoms with Crippen molar-refractivity contribution in [2.75, 3.05) is 5.32 Å². The van der Waals surface area contributed by atoms with Crippen LogP contribution in [0.5, 0.6) is 0 Å². The summed E-state index contributed by atoms with van der Waals surface area (Å²) in [7, 11) is 0. The molecule has 1 atom stereocenters. The molecule has 9 heteroatoms. The minimum absolute atomic E-state index is 0.0565. The Morgan fingerprint density at radius 1 is 0.816 bits per heavy atom. The summed E-state index contributed by atoms with van der Waals surface area (Å²) in [6.45, 7) is -0.489. The fourth-order valence-electron chi connectivity index (χ4n) is 3.95. The third kappa shape index (κ3) is 6.79. The molecule has 38 heavy (non-hydrogen) atoms. The number of carbonyl (C=O) groups is 3. The minimum atomic E-state index is -1.20. The quantitative estimate of drug-likeness (QED) is 0.301. The summed E-state index contributed by atoms with van der Waals surface area (Å²) in [5, 5.41) is 14.7. The van der Waals surface area contributed by atoms with Crippen LogP contribution in [0, 0.1) is 0 Å². The molecule has 0 spiro atoms. The van der Waals surface area contributed by atoms with Crippen LogP contribution in [0.3, 0.4) is 0 Å². The summed E-state index contributed by atoms with van der Waals surface area (Å²) in [6, 6.07) is 25.6. The molecule has 0 bridgehead atoms. The molecule has 0 saturated heterocycles. The number of hydrogen-bond acceptors (Lipinski definition) is 5. The van der Waals surface area contributed by atoms with Crippen molar-refractivity contribution in [2.45, 2.75) is 25.4 Å². The van der Waals surface area contributed by atoms with E-state index in [1.54, 1.807) is 66.7 Å². The maximum Gasteiger partial charge on any atom is 0.326 e. The lowest BCUT2D eigenvalue weighted by molar-refractivity contribution is -0.141. The van der Waals surface area contributed by atoms with Crippen LogP contribution >= 0.6 is 0 Å². The van der Waals surface area contributed by atoms with Crippen LogP contribution in [-0.4, -0.2) is 38.5 Å². The number of hydrogen-bond donors (Lipinski definition) is 3. The standard InChI is InChI=1S/C29H26N4O5/c34-25(17-21-12-6-2-7-13-21)32-24-18-30-27(22-14-8-3-9-15-22)33(28(24)36)19-26(35)31-23(29(37)38)16-20-10-4-1-5-11-20/h1-15,18,23H,16-17,19H2,(H,31,35)(H,32,34)(H,37,38)/t23-/m0/s1. The monoisotopic (exact) mass is 510 g/mol. The summed E-state index contributed by atoms with van der Waals surface area (Å²) in [5.41, 5.74) is 1.38. The van der Waals surface area contributed by atoms with E-state index in [2.05, 4.69) is 15.6 Å². The van der Waals surface area contributed by atoms with Gasteiger partial charge >= 0.3 is 5.97 Å². The van der Waals surface area contributed by atoms with Crippen LogP contribution in [0.25, 0.3) is 11.4 Å². The maximum atomic E-state index is 13.4. The summed E-state index contributed by atoms with van der Waals surface area (Å²) < 4.78 is 1.13. The lowest BCUT2D eigenvalue weighted by Gasteiger charge is -2.17. The number of carboxylic acids is 1. The van der Waals surface area contributed by atoms with Gasteiger partial charge in [-0.2, -0.15) is 0 Å². The molecular formula is C29H26N4O5. The molecule has 0 aliphatic heterocycles. The highest BCUT2D eigenvalue weighted by Crippen LogP contribution is 2.16. The molecule has 3 N–H and O–H groups in total. The zero-order valence-electron chi connectivity index (χ0n) is 20.4. The SMILES string of the molecule is O=C(Cc1ccccc1)Nc1cnc(-c2ccccc2)n(CC(=O)N[C@@H](Cc2ccccc2)C(=O)O)c1=O. The Kier molecular flexibility index (Phi) is 8.40. The van der Waals surface area contributed by atoms with Crippen molar-refractivity contribution in [1.29, 1.82) is 0 Å². The predicted octanol–water partition coefficient (Wildman–Crippen LogP) is 2.90. The largest absolute Gasteiger partial charge is 0.480 e. The number of nitrogens with one attached hydrogen (secondary N) is 2. The van der Waals surface area contributed by atoms with Crippen LogP contribution < -0.4 is 16.2 Å². The highest BCUT2D eigenvalue weighted by atomic mass is 16.4. The van der Waals surface area contributed by atoms with Crippen molar-refractivity contribution >= 4 is 23.5 Å². The van der Waals surface area contributed by atoms with Gasteiger partial charge in [0.1, 0.15) is 24.1 Å². The van der Waals surface area contributed by atoms with E-state index in [1.165, 1.54) is 6.20 Å². The number of aromatic nitrogens is 2. The zero-order chi connectivity index (χ0) is 26.9. The molecule has 2 amide bonds. The minimum Gasteiger partial charge on any atom is -0.480 e. The Hall–Kier alpha value is -5.05. The first-order valence-electron chi connectivity index (χ1n) is 12.0. The topological polar surface area (TPSA) is 130 Å². The Morgan fingerprint density at radius 3 is 2.00 bits per heavy atom. The van der Waals surface area contributed by atoms with Gasteiger partial charge in [-0.1, -0.05) is 91.0 Å². The fourth-order valence-corrected chi connectivity index (χ4v) is 3.95. The van der Waals surface area contributed by atoms with Gasteiger partial charge in [-0.05, 0) is 11.1 Å². The molecule has 3 aromatic carbocycles. The first kappa shape index (κ1) is 26.0. The molecule has 4 aromatic rings. The van der Waals surface area contributed by atoms with E-state index >= 15 is 0 Å². The summed E-state index contributed by atoms with van der Waals surface area (Å²) in [5.74, 6) is -2.07. The highest BCUT2D eigenvalue weighted by Gasteiger charge is 2.22. The second-order valence-corrected chi connectivity index (χ2v) is 8.61. The van der Waals surface area contributed by atoms with Crippen molar-refractivity contribution in [2.24, 2.45) is 0 Å². The van der Waals surface area contributed by atoms with Crippen LogP contribution in [0.4, 0.5) is 5.69 Å². The van der Waals surface area contributed by atoms with E-state index in [0.717, 1.165) is 15.7 Å². The van der Waals surface area contributed by atoms with Gasteiger partial charge in [0.15, 0.2) is 0 Å². The van der Waals surface area contributed by atoms with Crippen molar-refractivity contribution in [3.05, 3.63) is 119 Å². The van der Waals surface area contributed by atoms with Gasteiger partial charge in [0.05, 0.1) is 12.6 Å². The molecule has 0 saturated carbocycles. The average molecular weight is 511 g/mol. The molecule has 0 aliphatic carbocycles. The fraction of sp³-hybridized carbons (Fsp3) is 0.138. The van der Waals surface area contributed by atoms with Gasteiger partial charge < -0.3 is 15.7 Å². The van der Waals surface area contributed by atoms with Gasteiger partial charge in [-0.25, -0.2) is 9.78 Å². The molecule has 0 fully saturated rings. The molecule has 9 nitrogen and oxygen atoms in total. The van der Waals surface area contributed by atoms with Crippen LogP contribution in [-0.2, 0) is 33.8 Å².